The van der Waals surface area contributed by atoms with E-state index in [1.807, 2.05) is 45.0 Å². The van der Waals surface area contributed by atoms with E-state index in [0.29, 0.717) is 11.7 Å². The van der Waals surface area contributed by atoms with Crippen molar-refractivity contribution in [3.8, 4) is 11.4 Å². The predicted octanol–water partition coefficient (Wildman–Crippen LogP) is 4.70. The summed E-state index contributed by atoms with van der Waals surface area (Å²) in [6.07, 6.45) is 0.802. The fourth-order valence-corrected chi connectivity index (χ4v) is 2.72. The molecule has 0 unspecified atom stereocenters. The summed E-state index contributed by atoms with van der Waals surface area (Å²) in [5.74, 6) is 0.0360. The zero-order valence-electron chi connectivity index (χ0n) is 15.6. The van der Waals surface area contributed by atoms with Gasteiger partial charge in [-0.2, -0.15) is 4.98 Å². The third kappa shape index (κ3) is 4.39. The van der Waals surface area contributed by atoms with Gasteiger partial charge in [0.2, 0.25) is 11.7 Å². The molecule has 0 aliphatic heterocycles. The molecule has 2 atom stereocenters. The number of halogens is 1. The van der Waals surface area contributed by atoms with Crippen molar-refractivity contribution in [2.45, 2.75) is 33.2 Å². The van der Waals surface area contributed by atoms with Crippen LogP contribution in [-0.2, 0) is 0 Å². The lowest BCUT2D eigenvalue weighted by Gasteiger charge is -2.20. The molecule has 2 aromatic carbocycles. The van der Waals surface area contributed by atoms with E-state index in [4.69, 9.17) is 4.52 Å². The van der Waals surface area contributed by atoms with Crippen LogP contribution in [-0.4, -0.2) is 16.0 Å². The van der Waals surface area contributed by atoms with Gasteiger partial charge in [0.15, 0.2) is 0 Å². The van der Waals surface area contributed by atoms with Gasteiger partial charge in [0.25, 0.3) is 5.91 Å². The Morgan fingerprint density at radius 1 is 1.22 bits per heavy atom. The summed E-state index contributed by atoms with van der Waals surface area (Å²) in [6.45, 7) is 6.02. The van der Waals surface area contributed by atoms with Gasteiger partial charge < -0.3 is 9.84 Å². The number of rotatable bonds is 6. The first-order chi connectivity index (χ1) is 13.0. The van der Waals surface area contributed by atoms with Crippen molar-refractivity contribution in [2.75, 3.05) is 0 Å². The second-order valence-corrected chi connectivity index (χ2v) is 6.67. The molecule has 0 fully saturated rings. The molecule has 0 saturated carbocycles. The van der Waals surface area contributed by atoms with Crippen LogP contribution >= 0.6 is 0 Å². The molecule has 1 aromatic heterocycles. The molecule has 3 rings (SSSR count). The Bertz CT molecular complexity index is 921. The lowest BCUT2D eigenvalue weighted by molar-refractivity contribution is 0.0909. The van der Waals surface area contributed by atoms with Crippen LogP contribution in [0.2, 0.25) is 0 Å². The molecule has 27 heavy (non-hydrogen) atoms. The summed E-state index contributed by atoms with van der Waals surface area (Å²) in [4.78, 5) is 17.0. The molecule has 1 heterocycles. The van der Waals surface area contributed by atoms with Crippen LogP contribution < -0.4 is 5.32 Å². The van der Waals surface area contributed by atoms with Crippen LogP contribution in [0.3, 0.4) is 0 Å². The lowest BCUT2D eigenvalue weighted by atomic mass is 9.98. The number of hydrogen-bond donors (Lipinski definition) is 1. The number of nitrogens with zero attached hydrogens (tertiary/aromatic N) is 2. The van der Waals surface area contributed by atoms with Crippen molar-refractivity contribution in [2.24, 2.45) is 5.92 Å². The van der Waals surface area contributed by atoms with Crippen molar-refractivity contribution in [3.63, 3.8) is 0 Å². The van der Waals surface area contributed by atoms with Crippen molar-refractivity contribution in [1.29, 1.82) is 0 Å². The number of nitrogens with one attached hydrogen (secondary N) is 1. The molecule has 140 valence electrons. The van der Waals surface area contributed by atoms with Gasteiger partial charge in [-0.3, -0.25) is 4.79 Å². The minimum atomic E-state index is -0.461. The second kappa shape index (κ2) is 8.12. The number of amides is 1. The number of carbonyl (C=O) groups excluding carboxylic acids is 1. The first kappa shape index (κ1) is 18.8. The van der Waals surface area contributed by atoms with Crippen LogP contribution in [0.25, 0.3) is 11.4 Å². The average molecular weight is 367 g/mol. The van der Waals surface area contributed by atoms with Crippen molar-refractivity contribution in [1.82, 2.24) is 15.5 Å². The van der Waals surface area contributed by atoms with Crippen LogP contribution in [0.4, 0.5) is 4.39 Å². The minimum Gasteiger partial charge on any atom is -0.340 e. The molecule has 1 N–H and O–H groups in total. The summed E-state index contributed by atoms with van der Waals surface area (Å²) in [5, 5.41) is 6.95. The van der Waals surface area contributed by atoms with E-state index in [-0.39, 0.29) is 17.4 Å². The third-order valence-corrected chi connectivity index (χ3v) is 4.60. The molecular formula is C21H22FN3O2. The molecule has 3 aromatic rings. The molecule has 1 amide bonds. The number of aromatic nitrogens is 2. The van der Waals surface area contributed by atoms with Crippen LogP contribution in [0, 0.1) is 18.7 Å². The van der Waals surface area contributed by atoms with Crippen LogP contribution in [0.1, 0.15) is 48.1 Å². The van der Waals surface area contributed by atoms with Gasteiger partial charge in [0.1, 0.15) is 11.9 Å². The van der Waals surface area contributed by atoms with E-state index in [0.717, 1.165) is 17.5 Å². The second-order valence-electron chi connectivity index (χ2n) is 6.67. The third-order valence-electron chi connectivity index (χ3n) is 4.60. The van der Waals surface area contributed by atoms with Gasteiger partial charge in [-0.1, -0.05) is 61.3 Å². The lowest BCUT2D eigenvalue weighted by Crippen LogP contribution is -2.32. The highest BCUT2D eigenvalue weighted by Gasteiger charge is 2.27. The Labute approximate surface area is 157 Å². The number of aryl methyl sites for hydroxylation is 1. The Morgan fingerprint density at radius 3 is 2.63 bits per heavy atom. The zero-order valence-corrected chi connectivity index (χ0v) is 15.6. The van der Waals surface area contributed by atoms with Gasteiger partial charge in [0, 0.05) is 11.1 Å². The number of benzene rings is 2. The molecule has 0 aliphatic carbocycles. The highest BCUT2D eigenvalue weighted by Crippen LogP contribution is 2.26. The predicted molar refractivity (Wildman–Crippen MR) is 101 cm³/mol. The Balaban J connectivity index is 1.85. The maximum Gasteiger partial charge on any atom is 0.252 e. The maximum absolute atomic E-state index is 13.4. The molecule has 5 nitrogen and oxygen atoms in total. The van der Waals surface area contributed by atoms with E-state index >= 15 is 0 Å². The Kier molecular flexibility index (Phi) is 5.64. The van der Waals surface area contributed by atoms with Crippen molar-refractivity contribution in [3.05, 3.63) is 71.4 Å². The summed E-state index contributed by atoms with van der Waals surface area (Å²) in [6, 6.07) is 12.9. The summed E-state index contributed by atoms with van der Waals surface area (Å²) in [5.41, 5.74) is 2.24. The smallest absolute Gasteiger partial charge is 0.252 e. The largest absolute Gasteiger partial charge is 0.340 e. The molecular weight excluding hydrogens is 345 g/mol. The highest BCUT2D eigenvalue weighted by atomic mass is 19.1. The van der Waals surface area contributed by atoms with E-state index in [1.54, 1.807) is 6.07 Å². The molecule has 0 aliphatic rings. The van der Waals surface area contributed by atoms with Gasteiger partial charge in [-0.05, 0) is 31.0 Å². The fourth-order valence-electron chi connectivity index (χ4n) is 2.72. The van der Waals surface area contributed by atoms with Crippen molar-refractivity contribution >= 4 is 5.91 Å². The number of carbonyl (C=O) groups is 1. The fraction of sp³-hybridized carbons (Fsp3) is 0.286. The molecule has 6 heteroatoms. The standard InChI is InChI=1S/C21H22FN3O2/c1-4-14(3)18(23-20(26)16-6-5-7-17(22)12-16)21-24-19(25-27-21)15-10-8-13(2)9-11-15/h5-12,14,18H,4H2,1-3H3,(H,23,26)/t14-,18-/m0/s1. The molecule has 0 spiro atoms. The van der Waals surface area contributed by atoms with E-state index in [1.165, 1.54) is 18.2 Å². The first-order valence-electron chi connectivity index (χ1n) is 8.95. The Morgan fingerprint density at radius 2 is 1.96 bits per heavy atom. The monoisotopic (exact) mass is 367 g/mol. The first-order valence-corrected chi connectivity index (χ1v) is 8.95. The quantitative estimate of drug-likeness (QED) is 0.686. The van der Waals surface area contributed by atoms with Gasteiger partial charge in [-0.25, -0.2) is 4.39 Å². The SMILES string of the molecule is CC[C@H](C)[C@H](NC(=O)c1cccc(F)c1)c1nc(-c2ccc(C)cc2)no1. The average Bonchev–Trinajstić information content (AvgIpc) is 3.15. The topological polar surface area (TPSA) is 68.0 Å². The summed E-state index contributed by atoms with van der Waals surface area (Å²) in [7, 11) is 0. The van der Waals surface area contributed by atoms with Gasteiger partial charge in [-0.15, -0.1) is 0 Å². The van der Waals surface area contributed by atoms with Crippen LogP contribution in [0.5, 0.6) is 0 Å². The van der Waals surface area contributed by atoms with E-state index < -0.39 is 11.9 Å². The molecule has 0 bridgehead atoms. The maximum atomic E-state index is 13.4. The van der Waals surface area contributed by atoms with Gasteiger partial charge >= 0.3 is 0 Å². The highest BCUT2D eigenvalue weighted by molar-refractivity contribution is 5.94. The summed E-state index contributed by atoms with van der Waals surface area (Å²) < 4.78 is 18.9. The van der Waals surface area contributed by atoms with Crippen molar-refractivity contribution < 1.29 is 13.7 Å². The summed E-state index contributed by atoms with van der Waals surface area (Å²) >= 11 is 0. The molecule has 0 radical (unpaired) electrons. The van der Waals surface area contributed by atoms with E-state index in [9.17, 15) is 9.18 Å². The van der Waals surface area contributed by atoms with Gasteiger partial charge in [0.05, 0.1) is 0 Å². The zero-order chi connectivity index (χ0) is 19.4. The van der Waals surface area contributed by atoms with Crippen LogP contribution in [0.15, 0.2) is 53.1 Å². The number of hydrogen-bond acceptors (Lipinski definition) is 4. The normalized spacial score (nSPS) is 13.2. The van der Waals surface area contributed by atoms with E-state index in [2.05, 4.69) is 15.5 Å². The minimum absolute atomic E-state index is 0.0637. The molecule has 0 saturated heterocycles. The Hall–Kier alpha value is -3.02.